The van der Waals surface area contributed by atoms with Crippen LogP contribution in [0.2, 0.25) is 0 Å². The van der Waals surface area contributed by atoms with Crippen LogP contribution in [0.25, 0.3) is 6.08 Å². The molecular weight excluding hydrogens is 174 g/mol. The Morgan fingerprint density at radius 1 is 1.46 bits per heavy atom. The Labute approximate surface area is 73.0 Å². The zero-order chi connectivity index (χ0) is 9.84. The third kappa shape index (κ3) is 2.48. The molecule has 5 heteroatoms. The molecule has 0 aliphatic rings. The van der Waals surface area contributed by atoms with Crippen LogP contribution in [0.5, 0.6) is 5.75 Å². The fourth-order valence-corrected chi connectivity index (χ4v) is 0.765. The van der Waals surface area contributed by atoms with Gasteiger partial charge in [0.2, 0.25) is 5.56 Å². The van der Waals surface area contributed by atoms with Crippen molar-refractivity contribution >= 4 is 12.0 Å². The van der Waals surface area contributed by atoms with Crippen LogP contribution < -0.4 is 5.56 Å². The lowest BCUT2D eigenvalue weighted by molar-refractivity contribution is -0.131. The molecule has 0 atom stereocenters. The van der Waals surface area contributed by atoms with Crippen molar-refractivity contribution in [3.05, 3.63) is 34.3 Å². The first-order valence-electron chi connectivity index (χ1n) is 3.43. The molecule has 5 nitrogen and oxygen atoms in total. The summed E-state index contributed by atoms with van der Waals surface area (Å²) in [7, 11) is 0. The van der Waals surface area contributed by atoms with Gasteiger partial charge in [-0.3, -0.25) is 4.79 Å². The van der Waals surface area contributed by atoms with E-state index in [-0.39, 0.29) is 11.4 Å². The number of carbonyl (C=O) groups is 1. The molecule has 68 valence electrons. The van der Waals surface area contributed by atoms with Crippen molar-refractivity contribution in [2.45, 2.75) is 0 Å². The van der Waals surface area contributed by atoms with Crippen LogP contribution in [-0.2, 0) is 4.79 Å². The maximum Gasteiger partial charge on any atom is 0.328 e. The topological polar surface area (TPSA) is 90.4 Å². The number of carboxylic acid groups (broad SMARTS) is 1. The van der Waals surface area contributed by atoms with Crippen LogP contribution in [0.3, 0.4) is 0 Å². The number of nitrogens with one attached hydrogen (secondary N) is 1. The summed E-state index contributed by atoms with van der Waals surface area (Å²) in [6, 6.07) is 2.34. The second-order valence-corrected chi connectivity index (χ2v) is 2.29. The molecule has 1 heterocycles. The minimum Gasteiger partial charge on any atom is -0.506 e. The molecule has 0 radical (unpaired) electrons. The maximum atomic E-state index is 10.7. The van der Waals surface area contributed by atoms with Gasteiger partial charge in [-0.25, -0.2) is 4.79 Å². The van der Waals surface area contributed by atoms with Gasteiger partial charge in [-0.05, 0) is 12.1 Å². The monoisotopic (exact) mass is 181 g/mol. The van der Waals surface area contributed by atoms with E-state index < -0.39 is 11.5 Å². The summed E-state index contributed by atoms with van der Waals surface area (Å²) in [5, 5.41) is 17.4. The van der Waals surface area contributed by atoms with Gasteiger partial charge in [-0.15, -0.1) is 0 Å². The van der Waals surface area contributed by atoms with Gasteiger partial charge in [0.1, 0.15) is 5.75 Å². The highest BCUT2D eigenvalue weighted by atomic mass is 16.4. The zero-order valence-corrected chi connectivity index (χ0v) is 6.52. The number of pyridine rings is 1. The second kappa shape index (κ2) is 3.57. The minimum atomic E-state index is -1.15. The molecule has 1 aromatic heterocycles. The lowest BCUT2D eigenvalue weighted by atomic mass is 10.3. The standard InChI is InChI=1S/C8H7NO4/c10-6-2-3-7(11)9-5(6)1-4-8(12)13/h1-4,10H,(H,9,11)(H,12,13)/b4-1-. The van der Waals surface area contributed by atoms with Crippen molar-refractivity contribution in [2.75, 3.05) is 0 Å². The van der Waals surface area contributed by atoms with Crippen LogP contribution >= 0.6 is 0 Å². The van der Waals surface area contributed by atoms with Gasteiger partial charge >= 0.3 is 5.97 Å². The highest BCUT2D eigenvalue weighted by Gasteiger charge is 1.97. The Hall–Kier alpha value is -2.04. The number of aromatic nitrogens is 1. The molecule has 0 saturated carbocycles. The van der Waals surface area contributed by atoms with Gasteiger partial charge in [-0.2, -0.15) is 0 Å². The molecule has 0 aliphatic heterocycles. The van der Waals surface area contributed by atoms with Crippen molar-refractivity contribution in [1.82, 2.24) is 4.98 Å². The number of carboxylic acids is 1. The summed E-state index contributed by atoms with van der Waals surface area (Å²) in [5.41, 5.74) is -0.322. The molecule has 0 aliphatic carbocycles. The minimum absolute atomic E-state index is 0.0786. The smallest absolute Gasteiger partial charge is 0.328 e. The number of aromatic amines is 1. The average molecular weight is 181 g/mol. The predicted octanol–water partition coefficient (Wildman–Crippen LogP) is 0.178. The first-order valence-corrected chi connectivity index (χ1v) is 3.43. The normalized spacial score (nSPS) is 10.5. The fraction of sp³-hybridized carbons (Fsp3) is 0. The molecular formula is C8H7NO4. The molecule has 0 fully saturated rings. The van der Waals surface area contributed by atoms with Crippen LogP contribution in [0.4, 0.5) is 0 Å². The number of H-pyrrole nitrogens is 1. The summed E-state index contributed by atoms with van der Waals surface area (Å²) in [6.45, 7) is 0. The van der Waals surface area contributed by atoms with E-state index in [0.717, 1.165) is 18.2 Å². The quantitative estimate of drug-likeness (QED) is 0.567. The number of aromatic hydroxyl groups is 1. The van der Waals surface area contributed by atoms with Crippen molar-refractivity contribution in [1.29, 1.82) is 0 Å². The van der Waals surface area contributed by atoms with E-state index in [1.807, 2.05) is 0 Å². The predicted molar refractivity (Wildman–Crippen MR) is 45.4 cm³/mol. The van der Waals surface area contributed by atoms with Gasteiger partial charge in [0.05, 0.1) is 5.69 Å². The van der Waals surface area contributed by atoms with E-state index in [2.05, 4.69) is 4.98 Å². The van der Waals surface area contributed by atoms with Crippen molar-refractivity contribution in [3.63, 3.8) is 0 Å². The van der Waals surface area contributed by atoms with Gasteiger partial charge in [0, 0.05) is 12.1 Å². The average Bonchev–Trinajstić information content (AvgIpc) is 2.06. The zero-order valence-electron chi connectivity index (χ0n) is 6.52. The van der Waals surface area contributed by atoms with Crippen molar-refractivity contribution < 1.29 is 15.0 Å². The van der Waals surface area contributed by atoms with Crippen molar-refractivity contribution in [2.24, 2.45) is 0 Å². The fourth-order valence-electron chi connectivity index (χ4n) is 0.765. The lowest BCUT2D eigenvalue weighted by Gasteiger charge is -1.95. The number of aliphatic carboxylic acids is 1. The Morgan fingerprint density at radius 3 is 2.77 bits per heavy atom. The third-order valence-electron chi connectivity index (χ3n) is 1.32. The Bertz CT molecular complexity index is 405. The van der Waals surface area contributed by atoms with Crippen LogP contribution in [0, 0.1) is 0 Å². The van der Waals surface area contributed by atoms with E-state index in [4.69, 9.17) is 10.2 Å². The summed E-state index contributed by atoms with van der Waals surface area (Å²) in [4.78, 5) is 23.1. The molecule has 0 amide bonds. The molecule has 13 heavy (non-hydrogen) atoms. The Morgan fingerprint density at radius 2 is 2.15 bits per heavy atom. The van der Waals surface area contributed by atoms with Gasteiger partial charge in [0.25, 0.3) is 0 Å². The summed E-state index contributed by atoms with van der Waals surface area (Å²) >= 11 is 0. The summed E-state index contributed by atoms with van der Waals surface area (Å²) in [6.07, 6.45) is 1.93. The molecule has 0 spiro atoms. The van der Waals surface area contributed by atoms with Crippen LogP contribution in [0.15, 0.2) is 23.0 Å². The molecule has 0 bridgehead atoms. The number of hydrogen-bond donors (Lipinski definition) is 3. The van der Waals surface area contributed by atoms with E-state index in [0.29, 0.717) is 0 Å². The van der Waals surface area contributed by atoms with Gasteiger partial charge < -0.3 is 15.2 Å². The van der Waals surface area contributed by atoms with Gasteiger partial charge in [-0.1, -0.05) is 0 Å². The third-order valence-corrected chi connectivity index (χ3v) is 1.32. The van der Waals surface area contributed by atoms with E-state index >= 15 is 0 Å². The van der Waals surface area contributed by atoms with E-state index in [1.165, 1.54) is 6.07 Å². The second-order valence-electron chi connectivity index (χ2n) is 2.29. The highest BCUT2D eigenvalue weighted by molar-refractivity contribution is 5.85. The number of hydrogen-bond acceptors (Lipinski definition) is 3. The molecule has 3 N–H and O–H groups in total. The number of rotatable bonds is 2. The van der Waals surface area contributed by atoms with Crippen LogP contribution in [0.1, 0.15) is 5.69 Å². The maximum absolute atomic E-state index is 10.7. The molecule has 0 unspecified atom stereocenters. The lowest BCUT2D eigenvalue weighted by Crippen LogP contribution is -2.04. The summed E-state index contributed by atoms with van der Waals surface area (Å²) < 4.78 is 0. The molecule has 1 rings (SSSR count). The van der Waals surface area contributed by atoms with Crippen molar-refractivity contribution in [3.8, 4) is 5.75 Å². The largest absolute Gasteiger partial charge is 0.506 e. The first kappa shape index (κ1) is 9.05. The van der Waals surface area contributed by atoms with E-state index in [1.54, 1.807) is 0 Å². The molecule has 1 aromatic rings. The summed E-state index contributed by atoms with van der Waals surface area (Å²) in [5.74, 6) is -1.32. The van der Waals surface area contributed by atoms with Gasteiger partial charge in [0.15, 0.2) is 0 Å². The first-order chi connectivity index (χ1) is 6.09. The molecule has 0 aromatic carbocycles. The molecule has 0 saturated heterocycles. The highest BCUT2D eigenvalue weighted by Crippen LogP contribution is 2.11. The Balaban J connectivity index is 3.07. The SMILES string of the molecule is O=C(O)/C=C\c1[nH]c(=O)ccc1O. The Kier molecular flexibility index (Phi) is 2.49. The van der Waals surface area contributed by atoms with Crippen LogP contribution in [-0.4, -0.2) is 21.2 Å². The van der Waals surface area contributed by atoms with E-state index in [9.17, 15) is 9.59 Å².